The van der Waals surface area contributed by atoms with Gasteiger partial charge in [0.25, 0.3) is 0 Å². The second kappa shape index (κ2) is 6.53. The zero-order chi connectivity index (χ0) is 19.3. The molecule has 2 bridgehead atoms. The maximum absolute atomic E-state index is 12.9. The van der Waals surface area contributed by atoms with Crippen LogP contribution in [0.15, 0.2) is 54.1 Å². The molecule has 1 aromatic carbocycles. The van der Waals surface area contributed by atoms with Crippen molar-refractivity contribution < 1.29 is 14.4 Å². The molecule has 2 fully saturated rings. The largest absolute Gasteiger partial charge is 0.298 e. The van der Waals surface area contributed by atoms with Gasteiger partial charge in [-0.05, 0) is 42.0 Å². The summed E-state index contributed by atoms with van der Waals surface area (Å²) in [4.78, 5) is 43.2. The Labute approximate surface area is 165 Å². The number of hydrogen-bond acceptors (Lipinski definition) is 5. The summed E-state index contributed by atoms with van der Waals surface area (Å²) < 4.78 is 0. The van der Waals surface area contributed by atoms with Crippen molar-refractivity contribution in [1.29, 1.82) is 0 Å². The van der Waals surface area contributed by atoms with Gasteiger partial charge in [0.1, 0.15) is 0 Å². The molecule has 3 amide bonds. The summed E-state index contributed by atoms with van der Waals surface area (Å²) in [7, 11) is 0. The van der Waals surface area contributed by atoms with Gasteiger partial charge in [0.2, 0.25) is 17.7 Å². The van der Waals surface area contributed by atoms with Gasteiger partial charge in [-0.15, -0.1) is 11.3 Å². The van der Waals surface area contributed by atoms with Gasteiger partial charge in [-0.2, -0.15) is 0 Å². The number of amides is 3. The number of nitrogens with one attached hydrogen (secondary N) is 1. The minimum absolute atomic E-state index is 0.102. The van der Waals surface area contributed by atoms with Crippen LogP contribution < -0.4 is 10.2 Å². The quantitative estimate of drug-likeness (QED) is 0.493. The van der Waals surface area contributed by atoms with E-state index >= 15 is 0 Å². The van der Waals surface area contributed by atoms with Gasteiger partial charge in [0, 0.05) is 17.7 Å². The van der Waals surface area contributed by atoms with E-state index in [0.29, 0.717) is 10.8 Å². The van der Waals surface area contributed by atoms with Crippen LogP contribution in [0.25, 0.3) is 6.08 Å². The molecule has 0 unspecified atom stereocenters. The monoisotopic (exact) mass is 391 g/mol. The number of carbonyl (C=O) groups excluding carboxylic acids is 3. The Bertz CT molecular complexity index is 997. The minimum atomic E-state index is -0.286. The summed E-state index contributed by atoms with van der Waals surface area (Å²) in [6.45, 7) is 0. The van der Waals surface area contributed by atoms with Crippen LogP contribution >= 0.6 is 11.3 Å². The van der Waals surface area contributed by atoms with E-state index in [0.717, 1.165) is 12.0 Å². The van der Waals surface area contributed by atoms with E-state index in [4.69, 9.17) is 0 Å². The summed E-state index contributed by atoms with van der Waals surface area (Å²) in [5.41, 5.74) is 1.30. The number of nitrogens with zero attached hydrogens (tertiary/aromatic N) is 2. The molecule has 140 valence electrons. The number of hydrogen-bond donors (Lipinski definition) is 1. The second-order valence-corrected chi connectivity index (χ2v) is 8.16. The van der Waals surface area contributed by atoms with Crippen LogP contribution in [0, 0.1) is 23.7 Å². The molecule has 5 rings (SSSR count). The standard InChI is InChI=1S/C21H17N3O3S/c25-16(23-21-22-8-9-28-21)7-4-12-2-1-3-15(10-12)24-19(26)17-13-5-6-14(11-13)18(17)20(24)27/h1-10,13-14,17-18H,11H2,(H,22,23,25)/b7-4+/t13-,14-,17+,18+/m0/s1. The topological polar surface area (TPSA) is 79.4 Å². The number of thiazole rings is 1. The van der Waals surface area contributed by atoms with Gasteiger partial charge in [0.15, 0.2) is 5.13 Å². The fraction of sp³-hybridized carbons (Fsp3) is 0.238. The highest BCUT2D eigenvalue weighted by Gasteiger charge is 2.59. The first-order chi connectivity index (χ1) is 13.6. The number of imide groups is 1. The highest BCUT2D eigenvalue weighted by atomic mass is 32.1. The number of anilines is 2. The van der Waals surface area contributed by atoms with Gasteiger partial charge < -0.3 is 0 Å². The van der Waals surface area contributed by atoms with Crippen LogP contribution in [-0.2, 0) is 14.4 Å². The average Bonchev–Trinajstić information content (AvgIpc) is 3.46. The lowest BCUT2D eigenvalue weighted by Gasteiger charge is -2.17. The molecule has 1 saturated heterocycles. The van der Waals surface area contributed by atoms with E-state index in [2.05, 4.69) is 22.5 Å². The van der Waals surface area contributed by atoms with Crippen LogP contribution in [-0.4, -0.2) is 22.7 Å². The number of fused-ring (bicyclic) bond motifs is 5. The molecule has 0 spiro atoms. The normalized spacial score (nSPS) is 27.8. The molecule has 28 heavy (non-hydrogen) atoms. The smallest absolute Gasteiger partial charge is 0.250 e. The van der Waals surface area contributed by atoms with Crippen molar-refractivity contribution in [3.8, 4) is 0 Å². The molecule has 0 radical (unpaired) electrons. The van der Waals surface area contributed by atoms with E-state index in [1.807, 2.05) is 6.07 Å². The fourth-order valence-corrected chi connectivity index (χ4v) is 5.06. The van der Waals surface area contributed by atoms with Crippen molar-refractivity contribution >= 4 is 46.0 Å². The van der Waals surface area contributed by atoms with Gasteiger partial charge in [-0.25, -0.2) is 9.88 Å². The molecule has 1 aromatic heterocycles. The molecule has 6 nitrogen and oxygen atoms in total. The fourth-order valence-electron chi connectivity index (χ4n) is 4.53. The summed E-state index contributed by atoms with van der Waals surface area (Å²) in [6.07, 6.45) is 9.77. The van der Waals surface area contributed by atoms with Gasteiger partial charge >= 0.3 is 0 Å². The summed E-state index contributed by atoms with van der Waals surface area (Å²) in [5, 5.41) is 4.99. The molecule has 1 aliphatic heterocycles. The molecule has 4 atom stereocenters. The van der Waals surface area contributed by atoms with Gasteiger partial charge in [-0.3, -0.25) is 19.7 Å². The van der Waals surface area contributed by atoms with Crippen LogP contribution in [0.3, 0.4) is 0 Å². The third-order valence-electron chi connectivity index (χ3n) is 5.69. The number of carbonyl (C=O) groups is 3. The number of rotatable bonds is 4. The van der Waals surface area contributed by atoms with E-state index in [-0.39, 0.29) is 41.4 Å². The summed E-state index contributed by atoms with van der Waals surface area (Å²) in [6, 6.07) is 7.14. The Morgan fingerprint density at radius 3 is 2.61 bits per heavy atom. The lowest BCUT2D eigenvalue weighted by atomic mass is 9.85. The van der Waals surface area contributed by atoms with E-state index < -0.39 is 0 Å². The number of aromatic nitrogens is 1. The molecule has 7 heteroatoms. The first-order valence-corrected chi connectivity index (χ1v) is 10.0. The van der Waals surface area contributed by atoms with Crippen molar-refractivity contribution in [2.24, 2.45) is 23.7 Å². The molecule has 2 aromatic rings. The lowest BCUT2D eigenvalue weighted by molar-refractivity contribution is -0.123. The second-order valence-electron chi connectivity index (χ2n) is 7.27. The van der Waals surface area contributed by atoms with Crippen molar-refractivity contribution in [2.75, 3.05) is 10.2 Å². The van der Waals surface area contributed by atoms with Crippen LogP contribution in [0.4, 0.5) is 10.8 Å². The lowest BCUT2D eigenvalue weighted by Crippen LogP contribution is -2.32. The molecule has 2 heterocycles. The minimum Gasteiger partial charge on any atom is -0.298 e. The van der Waals surface area contributed by atoms with Crippen molar-refractivity contribution in [1.82, 2.24) is 4.98 Å². The van der Waals surface area contributed by atoms with Gasteiger partial charge in [-0.1, -0.05) is 24.3 Å². The molecule has 2 aliphatic carbocycles. The Kier molecular flexibility index (Phi) is 3.98. The number of allylic oxidation sites excluding steroid dienone is 2. The third-order valence-corrected chi connectivity index (χ3v) is 6.38. The van der Waals surface area contributed by atoms with Crippen molar-refractivity contribution in [3.63, 3.8) is 0 Å². The molecule has 1 saturated carbocycles. The van der Waals surface area contributed by atoms with E-state index in [9.17, 15) is 14.4 Å². The Hall–Kier alpha value is -3.06. The van der Waals surface area contributed by atoms with Crippen molar-refractivity contribution in [2.45, 2.75) is 6.42 Å². The van der Waals surface area contributed by atoms with Gasteiger partial charge in [0.05, 0.1) is 17.5 Å². The van der Waals surface area contributed by atoms with Crippen molar-refractivity contribution in [3.05, 3.63) is 59.6 Å². The average molecular weight is 391 g/mol. The first kappa shape index (κ1) is 17.1. The predicted molar refractivity (Wildman–Crippen MR) is 106 cm³/mol. The van der Waals surface area contributed by atoms with E-state index in [1.165, 1.54) is 22.3 Å². The Balaban J connectivity index is 1.35. The first-order valence-electron chi connectivity index (χ1n) is 9.16. The third kappa shape index (κ3) is 2.70. The van der Waals surface area contributed by atoms with Crippen LogP contribution in [0.5, 0.6) is 0 Å². The SMILES string of the molecule is O=C(/C=C/c1cccc(N2C(=O)[C@H]3[C@H](C2=O)[C@H]2C=C[C@H]3C2)c1)Nc1nccs1. The molecular formula is C21H17N3O3S. The number of benzene rings is 1. The predicted octanol–water partition coefficient (Wildman–Crippen LogP) is 3.11. The maximum atomic E-state index is 12.9. The van der Waals surface area contributed by atoms with Crippen LogP contribution in [0.2, 0.25) is 0 Å². The Morgan fingerprint density at radius 2 is 1.93 bits per heavy atom. The molecule has 3 aliphatic rings. The zero-order valence-electron chi connectivity index (χ0n) is 14.8. The summed E-state index contributed by atoms with van der Waals surface area (Å²) in [5.74, 6) is -0.547. The summed E-state index contributed by atoms with van der Waals surface area (Å²) >= 11 is 1.34. The molecule has 1 N–H and O–H groups in total. The van der Waals surface area contributed by atoms with Crippen LogP contribution in [0.1, 0.15) is 12.0 Å². The highest BCUT2D eigenvalue weighted by molar-refractivity contribution is 7.13. The zero-order valence-corrected chi connectivity index (χ0v) is 15.6. The maximum Gasteiger partial charge on any atom is 0.250 e. The highest BCUT2D eigenvalue weighted by Crippen LogP contribution is 2.53. The molecular weight excluding hydrogens is 374 g/mol. The van der Waals surface area contributed by atoms with E-state index in [1.54, 1.807) is 35.9 Å². The Morgan fingerprint density at radius 1 is 1.18 bits per heavy atom.